The number of rotatable bonds is 4. The van der Waals surface area contributed by atoms with Gasteiger partial charge in [-0.15, -0.1) is 0 Å². The maximum absolute atomic E-state index is 12.2. The molecule has 0 unspecified atom stereocenters. The number of carbonyl (C=O) groups excluding carboxylic acids is 1. The third kappa shape index (κ3) is 3.38. The highest BCUT2D eigenvalue weighted by Gasteiger charge is 2.22. The highest BCUT2D eigenvalue weighted by atomic mass is 16.5. The molecule has 1 saturated carbocycles. The van der Waals surface area contributed by atoms with Crippen LogP contribution < -0.4 is 10.2 Å². The van der Waals surface area contributed by atoms with Crippen LogP contribution in [0.2, 0.25) is 0 Å². The van der Waals surface area contributed by atoms with Crippen LogP contribution in [0.3, 0.4) is 0 Å². The highest BCUT2D eigenvalue weighted by molar-refractivity contribution is 5.94. The first-order valence-electron chi connectivity index (χ1n) is 7.95. The average Bonchev–Trinajstić information content (AvgIpc) is 3.18. The lowest BCUT2D eigenvalue weighted by Crippen LogP contribution is -2.32. The fourth-order valence-electron chi connectivity index (χ4n) is 3.32. The second-order valence-corrected chi connectivity index (χ2v) is 6.09. The van der Waals surface area contributed by atoms with E-state index in [1.807, 2.05) is 24.3 Å². The average molecular weight is 288 g/mol. The van der Waals surface area contributed by atoms with Gasteiger partial charge in [-0.3, -0.25) is 4.79 Å². The number of nitrogens with zero attached hydrogens (tertiary/aromatic N) is 1. The standard InChI is InChI=1S/C17H24N2O2/c1-21-16-10-11-19(12-16)15-8-6-13(7-9-15)17(20)18-14-4-2-3-5-14/h6-9,14,16H,2-5,10-12H2,1H3,(H,18,20)/t16-/m0/s1. The Labute approximate surface area is 126 Å². The second kappa shape index (κ2) is 6.48. The lowest BCUT2D eigenvalue weighted by Gasteiger charge is -2.19. The maximum Gasteiger partial charge on any atom is 0.251 e. The third-order valence-corrected chi connectivity index (χ3v) is 4.66. The predicted molar refractivity (Wildman–Crippen MR) is 83.8 cm³/mol. The lowest BCUT2D eigenvalue weighted by molar-refractivity contribution is 0.0938. The van der Waals surface area contributed by atoms with Crippen LogP contribution >= 0.6 is 0 Å². The number of amides is 1. The van der Waals surface area contributed by atoms with E-state index in [0.29, 0.717) is 12.1 Å². The molecule has 114 valence electrons. The van der Waals surface area contributed by atoms with E-state index in [0.717, 1.165) is 37.9 Å². The van der Waals surface area contributed by atoms with E-state index >= 15 is 0 Å². The van der Waals surface area contributed by atoms with Crippen molar-refractivity contribution in [3.63, 3.8) is 0 Å². The molecule has 1 aromatic carbocycles. The second-order valence-electron chi connectivity index (χ2n) is 6.09. The summed E-state index contributed by atoms with van der Waals surface area (Å²) in [5.41, 5.74) is 1.93. The van der Waals surface area contributed by atoms with E-state index in [-0.39, 0.29) is 5.91 Å². The molecule has 1 aliphatic heterocycles. The largest absolute Gasteiger partial charge is 0.380 e. The van der Waals surface area contributed by atoms with E-state index in [1.54, 1.807) is 7.11 Å². The molecule has 3 rings (SSSR count). The van der Waals surface area contributed by atoms with Crippen molar-refractivity contribution in [1.82, 2.24) is 5.32 Å². The molecule has 4 heteroatoms. The summed E-state index contributed by atoms with van der Waals surface area (Å²) in [6.07, 6.45) is 6.11. The minimum atomic E-state index is 0.0599. The third-order valence-electron chi connectivity index (χ3n) is 4.66. The van der Waals surface area contributed by atoms with Gasteiger partial charge in [-0.2, -0.15) is 0 Å². The summed E-state index contributed by atoms with van der Waals surface area (Å²) in [4.78, 5) is 14.5. The molecule has 2 aliphatic rings. The van der Waals surface area contributed by atoms with Crippen molar-refractivity contribution >= 4 is 11.6 Å². The van der Waals surface area contributed by atoms with Gasteiger partial charge >= 0.3 is 0 Å². The van der Waals surface area contributed by atoms with Gasteiger partial charge in [0.1, 0.15) is 0 Å². The van der Waals surface area contributed by atoms with Crippen molar-refractivity contribution in [2.24, 2.45) is 0 Å². The Morgan fingerprint density at radius 2 is 1.90 bits per heavy atom. The van der Waals surface area contributed by atoms with Crippen molar-refractivity contribution in [2.45, 2.75) is 44.2 Å². The first-order chi connectivity index (χ1) is 10.3. The first-order valence-corrected chi connectivity index (χ1v) is 7.95. The van der Waals surface area contributed by atoms with Crippen LogP contribution in [-0.2, 0) is 4.74 Å². The molecular formula is C17H24N2O2. The van der Waals surface area contributed by atoms with E-state index < -0.39 is 0 Å². The quantitative estimate of drug-likeness (QED) is 0.926. The Morgan fingerprint density at radius 1 is 1.19 bits per heavy atom. The van der Waals surface area contributed by atoms with Gasteiger partial charge in [-0.1, -0.05) is 12.8 Å². The molecule has 1 atom stereocenters. The Morgan fingerprint density at radius 3 is 2.52 bits per heavy atom. The number of carbonyl (C=O) groups is 1. The Kier molecular flexibility index (Phi) is 4.44. The number of hydrogen-bond acceptors (Lipinski definition) is 3. The fourth-order valence-corrected chi connectivity index (χ4v) is 3.32. The molecule has 1 N–H and O–H groups in total. The van der Waals surface area contributed by atoms with E-state index in [4.69, 9.17) is 4.74 Å². The van der Waals surface area contributed by atoms with Gasteiger partial charge in [0.15, 0.2) is 0 Å². The van der Waals surface area contributed by atoms with E-state index in [2.05, 4.69) is 10.2 Å². The van der Waals surface area contributed by atoms with Crippen molar-refractivity contribution in [1.29, 1.82) is 0 Å². The van der Waals surface area contributed by atoms with Gasteiger partial charge in [-0.05, 0) is 43.5 Å². The molecular weight excluding hydrogens is 264 g/mol. The van der Waals surface area contributed by atoms with Crippen molar-refractivity contribution in [2.75, 3.05) is 25.1 Å². The van der Waals surface area contributed by atoms with Crippen molar-refractivity contribution < 1.29 is 9.53 Å². The monoisotopic (exact) mass is 288 g/mol. The number of benzene rings is 1. The van der Waals surface area contributed by atoms with Gasteiger partial charge in [0.25, 0.3) is 5.91 Å². The fraction of sp³-hybridized carbons (Fsp3) is 0.588. The zero-order valence-corrected chi connectivity index (χ0v) is 12.7. The molecule has 0 spiro atoms. The predicted octanol–water partition coefficient (Wildman–Crippen LogP) is 2.58. The minimum Gasteiger partial charge on any atom is -0.380 e. The first kappa shape index (κ1) is 14.4. The van der Waals surface area contributed by atoms with E-state index in [9.17, 15) is 4.79 Å². The van der Waals surface area contributed by atoms with Gasteiger partial charge in [0, 0.05) is 37.5 Å². The molecule has 0 radical (unpaired) electrons. The molecule has 1 aliphatic carbocycles. The summed E-state index contributed by atoms with van der Waals surface area (Å²) in [5, 5.41) is 3.13. The van der Waals surface area contributed by atoms with Crippen LogP contribution in [0.4, 0.5) is 5.69 Å². The van der Waals surface area contributed by atoms with Crippen LogP contribution in [0, 0.1) is 0 Å². The molecule has 1 heterocycles. The molecule has 0 aromatic heterocycles. The summed E-state index contributed by atoms with van der Waals surface area (Å²) in [6.45, 7) is 1.95. The Bertz CT molecular complexity index is 480. The summed E-state index contributed by atoms with van der Waals surface area (Å²) < 4.78 is 5.39. The van der Waals surface area contributed by atoms with Gasteiger partial charge in [0.05, 0.1) is 6.10 Å². The molecule has 21 heavy (non-hydrogen) atoms. The summed E-state index contributed by atoms with van der Waals surface area (Å²) >= 11 is 0. The summed E-state index contributed by atoms with van der Waals surface area (Å²) in [6, 6.07) is 8.32. The van der Waals surface area contributed by atoms with Crippen LogP contribution in [0.5, 0.6) is 0 Å². The zero-order chi connectivity index (χ0) is 14.7. The van der Waals surface area contributed by atoms with E-state index in [1.165, 1.54) is 18.5 Å². The number of nitrogens with one attached hydrogen (secondary N) is 1. The smallest absolute Gasteiger partial charge is 0.251 e. The number of hydrogen-bond donors (Lipinski definition) is 1. The Hall–Kier alpha value is -1.55. The topological polar surface area (TPSA) is 41.6 Å². The normalized spacial score (nSPS) is 22.7. The van der Waals surface area contributed by atoms with Crippen molar-refractivity contribution in [3.8, 4) is 0 Å². The SMILES string of the molecule is CO[C@H]1CCN(c2ccc(C(=O)NC3CCCC3)cc2)C1. The van der Waals surface area contributed by atoms with Crippen LogP contribution in [-0.4, -0.2) is 38.3 Å². The maximum atomic E-state index is 12.2. The molecule has 1 saturated heterocycles. The highest BCUT2D eigenvalue weighted by Crippen LogP contribution is 2.22. The molecule has 1 aromatic rings. The summed E-state index contributed by atoms with van der Waals surface area (Å²) in [5.74, 6) is 0.0599. The molecule has 1 amide bonds. The van der Waals surface area contributed by atoms with Crippen LogP contribution in [0.1, 0.15) is 42.5 Å². The molecule has 2 fully saturated rings. The molecule has 4 nitrogen and oxygen atoms in total. The van der Waals surface area contributed by atoms with Crippen LogP contribution in [0.25, 0.3) is 0 Å². The Balaban J connectivity index is 1.59. The summed E-state index contributed by atoms with van der Waals surface area (Å²) in [7, 11) is 1.77. The van der Waals surface area contributed by atoms with Gasteiger partial charge in [0.2, 0.25) is 0 Å². The van der Waals surface area contributed by atoms with Gasteiger partial charge in [-0.25, -0.2) is 0 Å². The minimum absolute atomic E-state index is 0.0599. The zero-order valence-electron chi connectivity index (χ0n) is 12.7. The number of ether oxygens (including phenoxy) is 1. The van der Waals surface area contributed by atoms with Crippen LogP contribution in [0.15, 0.2) is 24.3 Å². The molecule has 0 bridgehead atoms. The number of methoxy groups -OCH3 is 1. The van der Waals surface area contributed by atoms with Crippen molar-refractivity contribution in [3.05, 3.63) is 29.8 Å². The number of anilines is 1. The lowest BCUT2D eigenvalue weighted by atomic mass is 10.1. The van der Waals surface area contributed by atoms with Gasteiger partial charge < -0.3 is 15.0 Å².